The number of carbonyl (C=O) groups excluding carboxylic acids is 2. The van der Waals surface area contributed by atoms with E-state index in [-0.39, 0.29) is 5.69 Å². The smallest absolute Gasteiger partial charge is 0.290 e. The highest BCUT2D eigenvalue weighted by atomic mass is 16.5. The number of hydrogen-bond acceptors (Lipinski definition) is 5. The maximum absolute atomic E-state index is 12.3. The minimum Gasteiger partial charge on any atom is -0.497 e. The van der Waals surface area contributed by atoms with Crippen molar-refractivity contribution in [2.24, 2.45) is 0 Å². The molecule has 3 N–H and O–H groups in total. The topological polar surface area (TPSA) is 113 Å². The first-order chi connectivity index (χ1) is 13.1. The number of benzene rings is 2. The predicted molar refractivity (Wildman–Crippen MR) is 100 cm³/mol. The average Bonchev–Trinajstić information content (AvgIpc) is 2.71. The summed E-state index contributed by atoms with van der Waals surface area (Å²) in [6, 6.07) is 13.7. The minimum atomic E-state index is -0.645. The van der Waals surface area contributed by atoms with E-state index in [1.807, 2.05) is 0 Å². The van der Waals surface area contributed by atoms with Crippen molar-refractivity contribution in [3.05, 3.63) is 76.2 Å². The first-order valence-electron chi connectivity index (χ1n) is 7.98. The number of amides is 2. The zero-order valence-electron chi connectivity index (χ0n) is 14.4. The van der Waals surface area contributed by atoms with Crippen LogP contribution in [-0.4, -0.2) is 29.1 Å². The molecule has 0 saturated heterocycles. The van der Waals surface area contributed by atoms with Crippen molar-refractivity contribution in [3.8, 4) is 5.75 Å². The highest BCUT2D eigenvalue weighted by Crippen LogP contribution is 2.13. The number of aromatic amines is 1. The van der Waals surface area contributed by atoms with Crippen LogP contribution in [0, 0.1) is 0 Å². The van der Waals surface area contributed by atoms with Crippen LogP contribution in [0.1, 0.15) is 16.1 Å². The predicted octanol–water partition coefficient (Wildman–Crippen LogP) is 1.41. The molecule has 1 heterocycles. The second kappa shape index (κ2) is 7.96. The van der Waals surface area contributed by atoms with Gasteiger partial charge in [-0.2, -0.15) is 5.10 Å². The number of fused-ring (bicyclic) bond motifs is 1. The fourth-order valence-corrected chi connectivity index (χ4v) is 2.39. The second-order valence-corrected chi connectivity index (χ2v) is 5.50. The lowest BCUT2D eigenvalue weighted by molar-refractivity contribution is -0.117. The average molecular weight is 364 g/mol. The number of ether oxygens (including phenoxy) is 1. The molecule has 0 spiro atoms. The number of H-pyrrole nitrogens is 1. The molecular weight excluding hydrogens is 348 g/mol. The lowest BCUT2D eigenvalue weighted by atomic mass is 10.1. The Labute approximate surface area is 153 Å². The molecule has 3 rings (SSSR count). The number of methoxy groups -OCH3 is 1. The molecule has 2 aromatic carbocycles. The fraction of sp³-hybridized carbons (Fsp3) is 0.0526. The summed E-state index contributed by atoms with van der Waals surface area (Å²) in [5.74, 6) is -0.453. The molecule has 0 radical (unpaired) electrons. The lowest BCUT2D eigenvalue weighted by Crippen LogP contribution is -2.41. The van der Waals surface area contributed by atoms with E-state index >= 15 is 0 Å². The maximum atomic E-state index is 12.3. The van der Waals surface area contributed by atoms with Crippen molar-refractivity contribution in [3.63, 3.8) is 0 Å². The Kier molecular flexibility index (Phi) is 5.27. The van der Waals surface area contributed by atoms with E-state index in [4.69, 9.17) is 4.74 Å². The number of hydrogen-bond donors (Lipinski definition) is 3. The summed E-state index contributed by atoms with van der Waals surface area (Å²) in [5.41, 5.74) is 4.95. The van der Waals surface area contributed by atoms with Gasteiger partial charge in [0.1, 0.15) is 5.75 Å². The van der Waals surface area contributed by atoms with Crippen LogP contribution in [0.2, 0.25) is 0 Å². The first kappa shape index (κ1) is 17.9. The molecule has 27 heavy (non-hydrogen) atoms. The number of rotatable bonds is 4. The summed E-state index contributed by atoms with van der Waals surface area (Å²) in [6.45, 7) is 0. The van der Waals surface area contributed by atoms with Gasteiger partial charge in [-0.25, -0.2) is 5.10 Å². The quantitative estimate of drug-likeness (QED) is 0.478. The molecule has 0 aliphatic carbocycles. The summed E-state index contributed by atoms with van der Waals surface area (Å²) in [6.07, 6.45) is 2.87. The van der Waals surface area contributed by atoms with Gasteiger partial charge in [-0.3, -0.25) is 25.2 Å². The number of aromatic nitrogens is 2. The molecule has 0 aliphatic heterocycles. The van der Waals surface area contributed by atoms with E-state index in [9.17, 15) is 14.4 Å². The van der Waals surface area contributed by atoms with E-state index in [0.29, 0.717) is 16.5 Å². The number of carbonyl (C=O) groups is 2. The number of hydrazine groups is 1. The van der Waals surface area contributed by atoms with Crippen molar-refractivity contribution in [1.82, 2.24) is 21.0 Å². The van der Waals surface area contributed by atoms with Crippen LogP contribution in [0.4, 0.5) is 0 Å². The van der Waals surface area contributed by atoms with Crippen molar-refractivity contribution in [1.29, 1.82) is 0 Å². The Morgan fingerprint density at radius 2 is 1.74 bits per heavy atom. The van der Waals surface area contributed by atoms with Gasteiger partial charge in [0.2, 0.25) is 0 Å². The van der Waals surface area contributed by atoms with Crippen LogP contribution in [0.15, 0.2) is 59.4 Å². The van der Waals surface area contributed by atoms with Crippen molar-refractivity contribution < 1.29 is 14.3 Å². The summed E-state index contributed by atoms with van der Waals surface area (Å²) < 4.78 is 5.06. The molecule has 136 valence electrons. The van der Waals surface area contributed by atoms with Gasteiger partial charge in [-0.15, -0.1) is 0 Å². The number of nitrogens with zero attached hydrogens (tertiary/aromatic N) is 1. The Balaban J connectivity index is 1.65. The molecular formula is C19H16N4O4. The Bertz CT molecular complexity index is 1070. The van der Waals surface area contributed by atoms with Crippen LogP contribution in [0.25, 0.3) is 16.8 Å². The highest BCUT2D eigenvalue weighted by molar-refractivity contribution is 6.05. The van der Waals surface area contributed by atoms with Gasteiger partial charge >= 0.3 is 0 Å². The van der Waals surface area contributed by atoms with Crippen molar-refractivity contribution in [2.45, 2.75) is 0 Å². The molecule has 8 heteroatoms. The SMILES string of the molecule is COc1ccc(/C=C/C(=O)NNC(=O)c2n[nH]c(=O)c3ccccc23)cc1. The van der Waals surface area contributed by atoms with Gasteiger partial charge in [0.25, 0.3) is 17.4 Å². The molecule has 0 fully saturated rings. The van der Waals surface area contributed by atoms with Gasteiger partial charge < -0.3 is 4.74 Å². The maximum Gasteiger partial charge on any atom is 0.290 e. The zero-order valence-corrected chi connectivity index (χ0v) is 14.4. The third-order valence-electron chi connectivity index (χ3n) is 3.75. The molecule has 0 saturated carbocycles. The third kappa shape index (κ3) is 4.18. The van der Waals surface area contributed by atoms with Gasteiger partial charge in [-0.1, -0.05) is 30.3 Å². The molecule has 2 amide bonds. The van der Waals surface area contributed by atoms with Gasteiger partial charge in [0.15, 0.2) is 5.69 Å². The standard InChI is InChI=1S/C19H16N4O4/c1-27-13-9-6-12(7-10-13)8-11-16(24)20-23-19(26)17-14-4-2-3-5-15(14)18(25)22-21-17/h2-11H,1H3,(H,20,24)(H,22,25)(H,23,26)/b11-8+. The Morgan fingerprint density at radius 3 is 2.44 bits per heavy atom. The normalized spacial score (nSPS) is 10.7. The lowest BCUT2D eigenvalue weighted by Gasteiger charge is -2.06. The van der Waals surface area contributed by atoms with E-state index in [0.717, 1.165) is 5.56 Å². The minimum absolute atomic E-state index is 0.00429. The first-order valence-corrected chi connectivity index (χ1v) is 7.98. The fourth-order valence-electron chi connectivity index (χ4n) is 2.39. The zero-order chi connectivity index (χ0) is 19.2. The van der Waals surface area contributed by atoms with E-state index in [1.165, 1.54) is 6.08 Å². The highest BCUT2D eigenvalue weighted by Gasteiger charge is 2.14. The van der Waals surface area contributed by atoms with Crippen LogP contribution in [0.5, 0.6) is 5.75 Å². The van der Waals surface area contributed by atoms with Crippen LogP contribution < -0.4 is 21.1 Å². The number of nitrogens with one attached hydrogen (secondary N) is 3. The Hall–Kier alpha value is -3.94. The van der Waals surface area contributed by atoms with Gasteiger partial charge in [0, 0.05) is 11.5 Å². The third-order valence-corrected chi connectivity index (χ3v) is 3.75. The van der Waals surface area contributed by atoms with Crippen molar-refractivity contribution in [2.75, 3.05) is 7.11 Å². The molecule has 3 aromatic rings. The van der Waals surface area contributed by atoms with Gasteiger partial charge in [-0.05, 0) is 29.8 Å². The largest absolute Gasteiger partial charge is 0.497 e. The van der Waals surface area contributed by atoms with Crippen molar-refractivity contribution >= 4 is 28.7 Å². The molecule has 0 unspecified atom stereocenters. The van der Waals surface area contributed by atoms with Crippen LogP contribution >= 0.6 is 0 Å². The summed E-state index contributed by atoms with van der Waals surface area (Å²) in [7, 11) is 1.57. The van der Waals surface area contributed by atoms with E-state index in [1.54, 1.807) is 61.7 Å². The monoisotopic (exact) mass is 364 g/mol. The summed E-state index contributed by atoms with van der Waals surface area (Å²) >= 11 is 0. The summed E-state index contributed by atoms with van der Waals surface area (Å²) in [4.78, 5) is 35.9. The molecule has 1 aromatic heterocycles. The molecule has 0 atom stereocenters. The summed E-state index contributed by atoms with van der Waals surface area (Å²) in [5, 5.41) is 6.75. The van der Waals surface area contributed by atoms with E-state index in [2.05, 4.69) is 21.0 Å². The van der Waals surface area contributed by atoms with E-state index < -0.39 is 17.4 Å². The van der Waals surface area contributed by atoms with Crippen LogP contribution in [-0.2, 0) is 4.79 Å². The molecule has 8 nitrogen and oxygen atoms in total. The second-order valence-electron chi connectivity index (χ2n) is 5.50. The molecule has 0 aliphatic rings. The van der Waals surface area contributed by atoms with Crippen LogP contribution in [0.3, 0.4) is 0 Å². The van der Waals surface area contributed by atoms with Gasteiger partial charge in [0.05, 0.1) is 12.5 Å². The molecule has 0 bridgehead atoms. The Morgan fingerprint density at radius 1 is 1.04 bits per heavy atom.